The van der Waals surface area contributed by atoms with Gasteiger partial charge >= 0.3 is 0 Å². The third kappa shape index (κ3) is 5.68. The molecule has 3 rings (SSSR count). The fourth-order valence-electron chi connectivity index (χ4n) is 4.00. The molecule has 1 aromatic heterocycles. The van der Waals surface area contributed by atoms with Crippen LogP contribution in [0.5, 0.6) is 0 Å². The van der Waals surface area contributed by atoms with E-state index in [1.54, 1.807) is 18.2 Å². The number of hydroxylamine groups is 2. The molecule has 0 spiro atoms. The van der Waals surface area contributed by atoms with Crippen LogP contribution in [-0.4, -0.2) is 52.1 Å². The summed E-state index contributed by atoms with van der Waals surface area (Å²) in [5, 5.41) is 22.8. The van der Waals surface area contributed by atoms with Gasteiger partial charge in [0.2, 0.25) is 5.91 Å². The molecule has 0 saturated heterocycles. The van der Waals surface area contributed by atoms with Gasteiger partial charge in [0.05, 0.1) is 25.7 Å². The number of hydrogen-bond acceptors (Lipinski definition) is 4. The molecule has 0 saturated carbocycles. The number of para-hydroxylation sites is 1. The molecule has 2 unspecified atom stereocenters. The van der Waals surface area contributed by atoms with Crippen molar-refractivity contribution in [3.05, 3.63) is 66.1 Å². The molecule has 0 radical (unpaired) electrons. The first kappa shape index (κ1) is 24.6. The Morgan fingerprint density at radius 3 is 2.45 bits per heavy atom. The van der Waals surface area contributed by atoms with Crippen molar-refractivity contribution in [3.63, 3.8) is 0 Å². The lowest BCUT2D eigenvalue weighted by atomic mass is 10.0. The highest BCUT2D eigenvalue weighted by Crippen LogP contribution is 2.38. The highest BCUT2D eigenvalue weighted by molar-refractivity contribution is 6.01. The van der Waals surface area contributed by atoms with Crippen LogP contribution < -0.4 is 0 Å². The van der Waals surface area contributed by atoms with E-state index in [2.05, 4.69) is 18.4 Å². The fourth-order valence-corrected chi connectivity index (χ4v) is 4.00. The molecule has 0 aliphatic heterocycles. The maximum absolute atomic E-state index is 13.6. The number of hydrogen-bond donors (Lipinski definition) is 2. The Balaban J connectivity index is 1.95. The van der Waals surface area contributed by atoms with Crippen LogP contribution in [0.15, 0.2) is 54.6 Å². The van der Waals surface area contributed by atoms with Gasteiger partial charge in [0.1, 0.15) is 5.82 Å². The lowest BCUT2D eigenvalue weighted by Gasteiger charge is -2.17. The maximum atomic E-state index is 13.6. The van der Waals surface area contributed by atoms with Gasteiger partial charge in [-0.25, -0.2) is 9.45 Å². The van der Waals surface area contributed by atoms with Gasteiger partial charge < -0.3 is 14.8 Å². The molecule has 0 bridgehead atoms. The zero-order valence-electron chi connectivity index (χ0n) is 19.4. The third-order valence-corrected chi connectivity index (χ3v) is 5.62. The summed E-state index contributed by atoms with van der Waals surface area (Å²) >= 11 is 0. The second-order valence-corrected chi connectivity index (χ2v) is 8.34. The number of aromatic nitrogens is 1. The minimum atomic E-state index is -1.01. The number of carbonyl (C=O) groups is 1. The predicted octanol–water partition coefficient (Wildman–Crippen LogP) is 4.56. The zero-order valence-corrected chi connectivity index (χ0v) is 19.4. The molecule has 176 valence electrons. The van der Waals surface area contributed by atoms with Gasteiger partial charge in [-0.05, 0) is 43.7 Å². The van der Waals surface area contributed by atoms with E-state index < -0.39 is 12.2 Å². The number of carbonyl (C=O) groups excluding carboxylic acids is 1. The lowest BCUT2D eigenvalue weighted by molar-refractivity contribution is -0.170. The van der Waals surface area contributed by atoms with Gasteiger partial charge in [0.25, 0.3) is 0 Å². The Bertz CT molecular complexity index is 1120. The second-order valence-electron chi connectivity index (χ2n) is 8.34. The lowest BCUT2D eigenvalue weighted by Crippen LogP contribution is -2.30. The second kappa shape index (κ2) is 10.7. The SMILES string of the molecule is CON(C)C(=O)CC(O)CC(O)C=Cc1c(-c2ccc(F)cc2)c2ccccc2n1C(C)C. The monoisotopic (exact) mass is 454 g/mol. The first-order valence-electron chi connectivity index (χ1n) is 11.0. The van der Waals surface area contributed by atoms with Crippen LogP contribution in [0.25, 0.3) is 28.1 Å². The number of halogens is 1. The van der Waals surface area contributed by atoms with Gasteiger partial charge in [0.15, 0.2) is 0 Å². The van der Waals surface area contributed by atoms with Gasteiger partial charge in [-0.1, -0.05) is 36.4 Å². The summed E-state index contributed by atoms with van der Waals surface area (Å²) in [7, 11) is 2.83. The minimum Gasteiger partial charge on any atom is -0.392 e. The van der Waals surface area contributed by atoms with Crippen LogP contribution in [0.4, 0.5) is 4.39 Å². The molecule has 7 heteroatoms. The molecule has 2 aromatic carbocycles. The number of aliphatic hydroxyl groups is 2. The van der Waals surface area contributed by atoms with Crippen LogP contribution >= 0.6 is 0 Å². The van der Waals surface area contributed by atoms with E-state index >= 15 is 0 Å². The van der Waals surface area contributed by atoms with E-state index in [9.17, 15) is 19.4 Å². The Hall–Kier alpha value is -3.00. The molecule has 1 amide bonds. The number of fused-ring (bicyclic) bond motifs is 1. The zero-order chi connectivity index (χ0) is 24.1. The molecule has 0 aliphatic rings. The normalized spacial score (nSPS) is 13.7. The number of rotatable bonds is 9. The van der Waals surface area contributed by atoms with E-state index in [-0.39, 0.29) is 30.6 Å². The minimum absolute atomic E-state index is 0.00752. The quantitative estimate of drug-likeness (QED) is 0.465. The van der Waals surface area contributed by atoms with E-state index in [1.165, 1.54) is 26.3 Å². The van der Waals surface area contributed by atoms with Crippen molar-refractivity contribution >= 4 is 22.9 Å². The number of benzene rings is 2. The van der Waals surface area contributed by atoms with Gasteiger partial charge in [-0.2, -0.15) is 0 Å². The van der Waals surface area contributed by atoms with Crippen molar-refractivity contribution in [1.82, 2.24) is 9.63 Å². The number of amides is 1. The Morgan fingerprint density at radius 1 is 1.15 bits per heavy atom. The summed E-state index contributed by atoms with van der Waals surface area (Å²) in [6, 6.07) is 14.5. The summed E-state index contributed by atoms with van der Waals surface area (Å²) in [6.45, 7) is 4.16. The van der Waals surface area contributed by atoms with Crippen molar-refractivity contribution in [2.45, 2.75) is 44.9 Å². The molecular formula is C26H31FN2O4. The Labute approximate surface area is 193 Å². The maximum Gasteiger partial charge on any atom is 0.248 e. The van der Waals surface area contributed by atoms with Crippen molar-refractivity contribution in [1.29, 1.82) is 0 Å². The highest BCUT2D eigenvalue weighted by atomic mass is 19.1. The molecule has 0 aliphatic carbocycles. The van der Waals surface area contributed by atoms with Crippen LogP contribution in [0.3, 0.4) is 0 Å². The average Bonchev–Trinajstić information content (AvgIpc) is 3.11. The summed E-state index contributed by atoms with van der Waals surface area (Å²) in [5.74, 6) is -0.679. The molecule has 2 atom stereocenters. The Kier molecular flexibility index (Phi) is 8.02. The van der Waals surface area contributed by atoms with Crippen LogP contribution in [0.1, 0.15) is 38.4 Å². The molecule has 3 aromatic rings. The molecule has 33 heavy (non-hydrogen) atoms. The van der Waals surface area contributed by atoms with Gasteiger partial charge in [0, 0.05) is 41.7 Å². The molecule has 2 N–H and O–H groups in total. The van der Waals surface area contributed by atoms with E-state index in [0.29, 0.717) is 0 Å². The predicted molar refractivity (Wildman–Crippen MR) is 128 cm³/mol. The van der Waals surface area contributed by atoms with Crippen LogP contribution in [-0.2, 0) is 9.63 Å². The Morgan fingerprint density at radius 2 is 1.82 bits per heavy atom. The average molecular weight is 455 g/mol. The molecule has 0 fully saturated rings. The van der Waals surface area contributed by atoms with Crippen LogP contribution in [0, 0.1) is 5.82 Å². The highest BCUT2D eigenvalue weighted by Gasteiger charge is 2.20. The standard InChI is InChI=1S/C26H31FN2O4/c1-17(2)29-23-8-6-5-7-22(23)26(18-9-11-19(27)12-10-18)24(29)14-13-20(30)15-21(31)16-25(32)28(3)33-4/h5-14,17,20-21,30-31H,15-16H2,1-4H3. The van der Waals surface area contributed by atoms with E-state index in [1.807, 2.05) is 30.3 Å². The summed E-state index contributed by atoms with van der Waals surface area (Å²) in [5.41, 5.74) is 3.73. The third-order valence-electron chi connectivity index (χ3n) is 5.62. The molecule has 6 nitrogen and oxygen atoms in total. The molecular weight excluding hydrogens is 423 g/mol. The van der Waals surface area contributed by atoms with Crippen molar-refractivity contribution < 1.29 is 24.2 Å². The van der Waals surface area contributed by atoms with Gasteiger partial charge in [-0.15, -0.1) is 0 Å². The first-order chi connectivity index (χ1) is 15.7. The fraction of sp³-hybridized carbons (Fsp3) is 0.346. The smallest absolute Gasteiger partial charge is 0.248 e. The largest absolute Gasteiger partial charge is 0.392 e. The summed E-state index contributed by atoms with van der Waals surface area (Å²) in [4.78, 5) is 16.7. The van der Waals surface area contributed by atoms with Crippen LogP contribution in [0.2, 0.25) is 0 Å². The van der Waals surface area contributed by atoms with E-state index in [4.69, 9.17) is 4.84 Å². The van der Waals surface area contributed by atoms with E-state index in [0.717, 1.165) is 32.8 Å². The molecule has 1 heterocycles. The number of nitrogens with zero attached hydrogens (tertiary/aromatic N) is 2. The first-order valence-corrected chi connectivity index (χ1v) is 11.0. The number of aliphatic hydroxyl groups excluding tert-OH is 2. The summed E-state index contributed by atoms with van der Waals surface area (Å²) < 4.78 is 15.7. The van der Waals surface area contributed by atoms with Gasteiger partial charge in [-0.3, -0.25) is 9.63 Å². The topological polar surface area (TPSA) is 74.9 Å². The van der Waals surface area contributed by atoms with Crippen molar-refractivity contribution in [2.24, 2.45) is 0 Å². The van der Waals surface area contributed by atoms with Crippen molar-refractivity contribution in [2.75, 3.05) is 14.2 Å². The van der Waals surface area contributed by atoms with Crippen molar-refractivity contribution in [3.8, 4) is 11.1 Å². The summed E-state index contributed by atoms with van der Waals surface area (Å²) in [6.07, 6.45) is 1.34.